The van der Waals surface area contributed by atoms with E-state index in [0.29, 0.717) is 15.7 Å². The molecular formula is C18H14Cl2N2O2. The van der Waals surface area contributed by atoms with Crippen LogP contribution in [0.15, 0.2) is 54.6 Å². The molecule has 0 aliphatic rings. The molecule has 0 aliphatic heterocycles. The van der Waals surface area contributed by atoms with Crippen molar-refractivity contribution in [1.29, 1.82) is 0 Å². The fourth-order valence-electron chi connectivity index (χ4n) is 2.34. The van der Waals surface area contributed by atoms with Gasteiger partial charge in [-0.1, -0.05) is 41.4 Å². The molecule has 24 heavy (non-hydrogen) atoms. The van der Waals surface area contributed by atoms with E-state index in [1.165, 1.54) is 0 Å². The maximum absolute atomic E-state index is 12.1. The van der Waals surface area contributed by atoms with Gasteiger partial charge in [0.25, 0.3) is 0 Å². The molecule has 0 fully saturated rings. The number of ether oxygens (including phenoxy) is 1. The van der Waals surface area contributed by atoms with E-state index in [9.17, 15) is 4.79 Å². The number of nitrogens with zero attached hydrogens (tertiary/aromatic N) is 2. The Morgan fingerprint density at radius 2 is 1.88 bits per heavy atom. The smallest absolute Gasteiger partial charge is 0.358 e. The summed E-state index contributed by atoms with van der Waals surface area (Å²) in [6.45, 7) is 2.04. The Hall–Kier alpha value is -2.30. The summed E-state index contributed by atoms with van der Waals surface area (Å²) in [5, 5.41) is 5.41. The summed E-state index contributed by atoms with van der Waals surface area (Å²) in [7, 11) is 0. The maximum Gasteiger partial charge on any atom is 0.358 e. The zero-order valence-electron chi connectivity index (χ0n) is 12.9. The SMILES string of the molecule is CCOC(=O)c1cc(-c2ccc(Cl)cc2Cl)n(-c2ccccc2)n1. The van der Waals surface area contributed by atoms with Gasteiger partial charge in [0.1, 0.15) is 0 Å². The lowest BCUT2D eigenvalue weighted by atomic mass is 10.1. The molecule has 6 heteroatoms. The van der Waals surface area contributed by atoms with E-state index >= 15 is 0 Å². The van der Waals surface area contributed by atoms with E-state index in [-0.39, 0.29) is 12.3 Å². The highest BCUT2D eigenvalue weighted by Crippen LogP contribution is 2.32. The van der Waals surface area contributed by atoms with Gasteiger partial charge in [0.05, 0.1) is 23.0 Å². The summed E-state index contributed by atoms with van der Waals surface area (Å²) >= 11 is 12.3. The minimum atomic E-state index is -0.474. The number of aromatic nitrogens is 2. The lowest BCUT2D eigenvalue weighted by molar-refractivity contribution is 0.0519. The first kappa shape index (κ1) is 16.6. The number of hydrogen-bond donors (Lipinski definition) is 0. The highest BCUT2D eigenvalue weighted by Gasteiger charge is 2.19. The molecule has 0 radical (unpaired) electrons. The number of benzene rings is 2. The summed E-state index contributed by atoms with van der Waals surface area (Å²) in [4.78, 5) is 12.1. The van der Waals surface area contributed by atoms with Gasteiger partial charge in [0, 0.05) is 10.6 Å². The maximum atomic E-state index is 12.1. The zero-order chi connectivity index (χ0) is 17.1. The molecule has 2 aromatic carbocycles. The summed E-state index contributed by atoms with van der Waals surface area (Å²) in [5.41, 5.74) is 2.45. The second kappa shape index (κ2) is 7.07. The molecule has 122 valence electrons. The van der Waals surface area contributed by atoms with Gasteiger partial charge in [0.15, 0.2) is 5.69 Å². The van der Waals surface area contributed by atoms with Crippen molar-refractivity contribution in [3.05, 3.63) is 70.3 Å². The van der Waals surface area contributed by atoms with E-state index in [1.54, 1.807) is 35.9 Å². The van der Waals surface area contributed by atoms with Crippen LogP contribution in [0.3, 0.4) is 0 Å². The molecule has 0 bridgehead atoms. The van der Waals surface area contributed by atoms with Crippen LogP contribution in [0.2, 0.25) is 10.0 Å². The van der Waals surface area contributed by atoms with E-state index in [2.05, 4.69) is 5.10 Å². The van der Waals surface area contributed by atoms with Crippen LogP contribution in [0.1, 0.15) is 17.4 Å². The molecule has 0 aliphatic carbocycles. The molecule has 3 rings (SSSR count). The molecule has 1 heterocycles. The highest BCUT2D eigenvalue weighted by molar-refractivity contribution is 6.36. The van der Waals surface area contributed by atoms with Crippen molar-refractivity contribution in [1.82, 2.24) is 9.78 Å². The van der Waals surface area contributed by atoms with Crippen molar-refractivity contribution in [2.24, 2.45) is 0 Å². The number of halogens is 2. The van der Waals surface area contributed by atoms with Crippen LogP contribution >= 0.6 is 23.2 Å². The van der Waals surface area contributed by atoms with Crippen molar-refractivity contribution in [2.75, 3.05) is 6.61 Å². The minimum Gasteiger partial charge on any atom is -0.461 e. The number of para-hydroxylation sites is 1. The van der Waals surface area contributed by atoms with E-state index < -0.39 is 5.97 Å². The lowest BCUT2D eigenvalue weighted by Crippen LogP contribution is -2.06. The van der Waals surface area contributed by atoms with Crippen LogP contribution < -0.4 is 0 Å². The van der Waals surface area contributed by atoms with Crippen molar-refractivity contribution in [3.63, 3.8) is 0 Å². The molecule has 0 unspecified atom stereocenters. The fraction of sp³-hybridized carbons (Fsp3) is 0.111. The van der Waals surface area contributed by atoms with Gasteiger partial charge in [-0.05, 0) is 43.3 Å². The quantitative estimate of drug-likeness (QED) is 0.613. The third-order valence-corrected chi connectivity index (χ3v) is 3.95. The van der Waals surface area contributed by atoms with Crippen molar-refractivity contribution in [2.45, 2.75) is 6.92 Å². The normalized spacial score (nSPS) is 10.6. The molecule has 0 spiro atoms. The molecule has 0 atom stereocenters. The molecule has 0 N–H and O–H groups in total. The Morgan fingerprint density at radius 3 is 2.54 bits per heavy atom. The van der Waals surface area contributed by atoms with Crippen molar-refractivity contribution in [3.8, 4) is 16.9 Å². The Bertz CT molecular complexity index is 876. The first-order chi connectivity index (χ1) is 11.6. The van der Waals surface area contributed by atoms with Gasteiger partial charge in [-0.2, -0.15) is 5.10 Å². The number of carbonyl (C=O) groups is 1. The molecule has 0 saturated carbocycles. The Labute approximate surface area is 149 Å². The van der Waals surface area contributed by atoms with E-state index in [1.807, 2.05) is 30.3 Å². The third kappa shape index (κ3) is 3.30. The first-order valence-electron chi connectivity index (χ1n) is 7.38. The van der Waals surface area contributed by atoms with Gasteiger partial charge in [-0.15, -0.1) is 0 Å². The second-order valence-corrected chi connectivity index (χ2v) is 5.85. The summed E-state index contributed by atoms with van der Waals surface area (Å²) in [5.74, 6) is -0.474. The minimum absolute atomic E-state index is 0.224. The number of carbonyl (C=O) groups excluding carboxylic acids is 1. The summed E-state index contributed by atoms with van der Waals surface area (Å²) in [6, 6.07) is 16.4. The Morgan fingerprint density at radius 1 is 1.12 bits per heavy atom. The predicted molar refractivity (Wildman–Crippen MR) is 95.0 cm³/mol. The molecule has 3 aromatic rings. The van der Waals surface area contributed by atoms with Gasteiger partial charge >= 0.3 is 5.97 Å². The predicted octanol–water partition coefficient (Wildman–Crippen LogP) is 5.02. The largest absolute Gasteiger partial charge is 0.461 e. The zero-order valence-corrected chi connectivity index (χ0v) is 14.4. The lowest BCUT2D eigenvalue weighted by Gasteiger charge is -2.09. The average Bonchev–Trinajstić information content (AvgIpc) is 3.01. The standard InChI is InChI=1S/C18H14Cl2N2O2/c1-2-24-18(23)16-11-17(14-9-8-12(19)10-15(14)20)22(21-16)13-6-4-3-5-7-13/h3-11H,2H2,1H3. The molecule has 0 saturated heterocycles. The van der Waals surface area contributed by atoms with Gasteiger partial charge < -0.3 is 4.74 Å². The van der Waals surface area contributed by atoms with Crippen LogP contribution in [0.5, 0.6) is 0 Å². The Balaban J connectivity index is 2.17. The monoisotopic (exact) mass is 360 g/mol. The van der Waals surface area contributed by atoms with Gasteiger partial charge in [-0.3, -0.25) is 0 Å². The van der Waals surface area contributed by atoms with Crippen LogP contribution in [0, 0.1) is 0 Å². The summed E-state index contributed by atoms with van der Waals surface area (Å²) < 4.78 is 6.72. The molecule has 4 nitrogen and oxygen atoms in total. The van der Waals surface area contributed by atoms with Gasteiger partial charge in [-0.25, -0.2) is 9.48 Å². The number of rotatable bonds is 4. The number of hydrogen-bond acceptors (Lipinski definition) is 3. The second-order valence-electron chi connectivity index (χ2n) is 5.01. The molecular weight excluding hydrogens is 347 g/mol. The van der Waals surface area contributed by atoms with Crippen LogP contribution in [0.25, 0.3) is 16.9 Å². The highest BCUT2D eigenvalue weighted by atomic mass is 35.5. The van der Waals surface area contributed by atoms with Gasteiger partial charge in [0.2, 0.25) is 0 Å². The van der Waals surface area contributed by atoms with Crippen molar-refractivity contribution < 1.29 is 9.53 Å². The average molecular weight is 361 g/mol. The van der Waals surface area contributed by atoms with Crippen LogP contribution in [-0.2, 0) is 4.74 Å². The van der Waals surface area contributed by atoms with Crippen LogP contribution in [0.4, 0.5) is 0 Å². The van der Waals surface area contributed by atoms with Crippen LogP contribution in [-0.4, -0.2) is 22.4 Å². The molecule has 1 aromatic heterocycles. The fourth-order valence-corrected chi connectivity index (χ4v) is 2.85. The summed E-state index contributed by atoms with van der Waals surface area (Å²) in [6.07, 6.45) is 0. The van der Waals surface area contributed by atoms with E-state index in [0.717, 1.165) is 11.3 Å². The number of esters is 1. The topological polar surface area (TPSA) is 44.1 Å². The third-order valence-electron chi connectivity index (χ3n) is 3.40. The van der Waals surface area contributed by atoms with E-state index in [4.69, 9.17) is 27.9 Å². The Kier molecular flexibility index (Phi) is 4.88. The van der Waals surface area contributed by atoms with Crippen molar-refractivity contribution >= 4 is 29.2 Å². The molecule has 0 amide bonds. The first-order valence-corrected chi connectivity index (χ1v) is 8.13.